The van der Waals surface area contributed by atoms with E-state index < -0.39 is 5.97 Å². The lowest BCUT2D eigenvalue weighted by Gasteiger charge is -2.20. The Bertz CT molecular complexity index is 740. The van der Waals surface area contributed by atoms with Crippen molar-refractivity contribution in [1.82, 2.24) is 9.88 Å². The van der Waals surface area contributed by atoms with Crippen molar-refractivity contribution in [2.24, 2.45) is 0 Å². The smallest absolute Gasteiger partial charge is 0.337 e. The molecule has 1 aliphatic rings. The summed E-state index contributed by atoms with van der Waals surface area (Å²) in [5, 5.41) is 3.44. The third-order valence-electron chi connectivity index (χ3n) is 3.71. The van der Waals surface area contributed by atoms with Crippen LogP contribution < -0.4 is 5.32 Å². The van der Waals surface area contributed by atoms with Crippen molar-refractivity contribution in [1.29, 1.82) is 0 Å². The van der Waals surface area contributed by atoms with Gasteiger partial charge in [0.05, 0.1) is 18.4 Å². The highest BCUT2D eigenvalue weighted by atomic mass is 32.1. The van der Waals surface area contributed by atoms with Crippen molar-refractivity contribution in [3.8, 4) is 0 Å². The lowest BCUT2D eigenvalue weighted by Crippen LogP contribution is -2.25. The maximum Gasteiger partial charge on any atom is 0.337 e. The van der Waals surface area contributed by atoms with Gasteiger partial charge in [0.25, 0.3) is 5.91 Å². The second-order valence-electron chi connectivity index (χ2n) is 5.40. The number of nitrogens with zero attached hydrogens (tertiary/aromatic N) is 2. The number of nitrogens with one attached hydrogen (secondary N) is 1. The summed E-state index contributed by atoms with van der Waals surface area (Å²) in [7, 11) is 3.40. The zero-order valence-electron chi connectivity index (χ0n) is 13.0. The van der Waals surface area contributed by atoms with Crippen molar-refractivity contribution in [2.75, 3.05) is 26.0 Å². The van der Waals surface area contributed by atoms with E-state index in [-0.39, 0.29) is 5.91 Å². The second-order valence-corrected chi connectivity index (χ2v) is 6.48. The molecule has 0 saturated carbocycles. The monoisotopic (exact) mass is 331 g/mol. The fraction of sp³-hybridized carbons (Fsp3) is 0.312. The first kappa shape index (κ1) is 15.6. The molecule has 0 saturated heterocycles. The van der Waals surface area contributed by atoms with E-state index in [1.165, 1.54) is 23.3 Å². The van der Waals surface area contributed by atoms with Crippen LogP contribution in [0.15, 0.2) is 24.3 Å². The van der Waals surface area contributed by atoms with Gasteiger partial charge in [-0.1, -0.05) is 0 Å². The molecule has 120 valence electrons. The topological polar surface area (TPSA) is 71.5 Å². The number of likely N-dealkylation sites (N-methyl/N-ethyl adjacent to an activating group) is 1. The molecule has 1 amide bonds. The molecular formula is C16H17N3O3S. The molecule has 2 aromatic rings. The number of aromatic nitrogens is 1. The molecule has 0 atom stereocenters. The SMILES string of the molecule is COC(=O)c1ccc(C(=O)Nc2nc3c(s2)CN(C)CC3)cc1. The minimum absolute atomic E-state index is 0.235. The number of methoxy groups -OCH3 is 1. The Morgan fingerprint density at radius 1 is 1.26 bits per heavy atom. The van der Waals surface area contributed by atoms with Crippen LogP contribution in [0.2, 0.25) is 0 Å². The van der Waals surface area contributed by atoms with Crippen molar-refractivity contribution >= 4 is 28.3 Å². The number of carbonyl (C=O) groups excluding carboxylic acids is 2. The van der Waals surface area contributed by atoms with Crippen LogP contribution in [0.5, 0.6) is 0 Å². The molecule has 23 heavy (non-hydrogen) atoms. The average molecular weight is 331 g/mol. The van der Waals surface area contributed by atoms with E-state index in [2.05, 4.69) is 27.0 Å². The number of esters is 1. The molecule has 6 nitrogen and oxygen atoms in total. The number of carbonyl (C=O) groups is 2. The summed E-state index contributed by atoms with van der Waals surface area (Å²) in [6.45, 7) is 1.86. The van der Waals surface area contributed by atoms with E-state index >= 15 is 0 Å². The van der Waals surface area contributed by atoms with Crippen molar-refractivity contribution in [3.05, 3.63) is 46.0 Å². The third-order valence-corrected chi connectivity index (χ3v) is 4.71. The predicted molar refractivity (Wildman–Crippen MR) is 87.9 cm³/mol. The zero-order valence-corrected chi connectivity index (χ0v) is 13.8. The minimum Gasteiger partial charge on any atom is -0.465 e. The van der Waals surface area contributed by atoms with E-state index in [4.69, 9.17) is 0 Å². The summed E-state index contributed by atoms with van der Waals surface area (Å²) in [5.41, 5.74) is 1.96. The van der Waals surface area contributed by atoms with Gasteiger partial charge in [0.1, 0.15) is 0 Å². The number of amides is 1. The number of benzene rings is 1. The van der Waals surface area contributed by atoms with Crippen LogP contribution in [-0.2, 0) is 17.7 Å². The zero-order chi connectivity index (χ0) is 16.4. The summed E-state index contributed by atoms with van der Waals surface area (Å²) < 4.78 is 4.64. The van der Waals surface area contributed by atoms with Crippen molar-refractivity contribution in [2.45, 2.75) is 13.0 Å². The van der Waals surface area contributed by atoms with Gasteiger partial charge in [-0.2, -0.15) is 0 Å². The first-order chi connectivity index (χ1) is 11.1. The molecule has 0 fully saturated rings. The molecule has 2 heterocycles. The molecule has 0 unspecified atom stereocenters. The van der Waals surface area contributed by atoms with Gasteiger partial charge in [0.15, 0.2) is 5.13 Å². The van der Waals surface area contributed by atoms with Crippen molar-refractivity contribution < 1.29 is 14.3 Å². The fourth-order valence-corrected chi connectivity index (χ4v) is 3.50. The third kappa shape index (κ3) is 3.40. The molecule has 7 heteroatoms. The largest absolute Gasteiger partial charge is 0.465 e. The standard InChI is InChI=1S/C16H17N3O3S/c1-19-8-7-12-13(9-19)23-16(17-12)18-14(20)10-3-5-11(6-4-10)15(21)22-2/h3-6H,7-9H2,1-2H3,(H,17,18,20). The summed E-state index contributed by atoms with van der Waals surface area (Å²) >= 11 is 1.51. The number of ether oxygens (including phenoxy) is 1. The lowest BCUT2D eigenvalue weighted by atomic mass is 10.1. The Kier molecular flexibility index (Phi) is 4.40. The van der Waals surface area contributed by atoms with Gasteiger partial charge in [-0.25, -0.2) is 9.78 Å². The summed E-state index contributed by atoms with van der Waals surface area (Å²) in [6.07, 6.45) is 0.909. The summed E-state index contributed by atoms with van der Waals surface area (Å²) in [4.78, 5) is 31.6. The first-order valence-corrected chi connectivity index (χ1v) is 8.05. The molecule has 1 N–H and O–H groups in total. The van der Waals surface area contributed by atoms with Crippen LogP contribution in [0, 0.1) is 0 Å². The highest BCUT2D eigenvalue weighted by molar-refractivity contribution is 7.15. The van der Waals surface area contributed by atoms with Gasteiger partial charge in [-0.05, 0) is 31.3 Å². The van der Waals surface area contributed by atoms with Crippen LogP contribution in [0.3, 0.4) is 0 Å². The highest BCUT2D eigenvalue weighted by Gasteiger charge is 2.19. The Morgan fingerprint density at radius 3 is 2.65 bits per heavy atom. The van der Waals surface area contributed by atoms with Gasteiger partial charge in [-0.3, -0.25) is 10.1 Å². The van der Waals surface area contributed by atoms with E-state index in [9.17, 15) is 9.59 Å². The second kappa shape index (κ2) is 6.47. The number of thiazole rings is 1. The maximum absolute atomic E-state index is 12.3. The predicted octanol–water partition coefficient (Wildman–Crippen LogP) is 2.17. The Morgan fingerprint density at radius 2 is 1.96 bits per heavy atom. The highest BCUT2D eigenvalue weighted by Crippen LogP contribution is 2.28. The molecule has 0 bridgehead atoms. The molecule has 3 rings (SSSR count). The minimum atomic E-state index is -0.423. The normalized spacial score (nSPS) is 14.2. The number of anilines is 1. The van der Waals surface area contributed by atoms with Gasteiger partial charge in [0, 0.05) is 30.0 Å². The maximum atomic E-state index is 12.3. The van der Waals surface area contributed by atoms with Crippen LogP contribution in [0.25, 0.3) is 0 Å². The first-order valence-electron chi connectivity index (χ1n) is 7.23. The molecule has 1 aliphatic heterocycles. The lowest BCUT2D eigenvalue weighted by molar-refractivity contribution is 0.0600. The van der Waals surface area contributed by atoms with Crippen LogP contribution in [0.4, 0.5) is 5.13 Å². The summed E-state index contributed by atoms with van der Waals surface area (Å²) in [6, 6.07) is 6.34. The summed E-state index contributed by atoms with van der Waals surface area (Å²) in [5.74, 6) is -0.658. The Hall–Kier alpha value is -2.25. The van der Waals surface area contributed by atoms with Gasteiger partial charge < -0.3 is 9.64 Å². The number of rotatable bonds is 3. The number of hydrogen-bond acceptors (Lipinski definition) is 6. The van der Waals surface area contributed by atoms with E-state index in [0.717, 1.165) is 25.2 Å². The van der Waals surface area contributed by atoms with E-state index in [0.29, 0.717) is 16.3 Å². The molecule has 0 aliphatic carbocycles. The molecule has 0 spiro atoms. The molecule has 1 aromatic heterocycles. The fourth-order valence-electron chi connectivity index (χ4n) is 2.42. The molecular weight excluding hydrogens is 314 g/mol. The Balaban J connectivity index is 1.71. The van der Waals surface area contributed by atoms with Crippen molar-refractivity contribution in [3.63, 3.8) is 0 Å². The van der Waals surface area contributed by atoms with Crippen LogP contribution >= 0.6 is 11.3 Å². The van der Waals surface area contributed by atoms with Crippen LogP contribution in [0.1, 0.15) is 31.3 Å². The molecule has 0 radical (unpaired) electrons. The average Bonchev–Trinajstić information content (AvgIpc) is 2.95. The number of hydrogen-bond donors (Lipinski definition) is 1. The van der Waals surface area contributed by atoms with Crippen LogP contribution in [-0.4, -0.2) is 42.5 Å². The van der Waals surface area contributed by atoms with Gasteiger partial charge in [0.2, 0.25) is 0 Å². The Labute approximate surface area is 138 Å². The van der Waals surface area contributed by atoms with E-state index in [1.54, 1.807) is 24.3 Å². The number of fused-ring (bicyclic) bond motifs is 1. The van der Waals surface area contributed by atoms with Gasteiger partial charge >= 0.3 is 5.97 Å². The van der Waals surface area contributed by atoms with Gasteiger partial charge in [-0.15, -0.1) is 11.3 Å². The quantitative estimate of drug-likeness (QED) is 0.873. The molecule has 1 aromatic carbocycles. The van der Waals surface area contributed by atoms with E-state index in [1.807, 2.05) is 0 Å².